The number of thioether (sulfide) groups is 2. The van der Waals surface area contributed by atoms with E-state index in [1.807, 2.05) is 47.1 Å². The largest absolute Gasteiger partial charge is 0.293 e. The second-order valence-corrected chi connectivity index (χ2v) is 9.23. The van der Waals surface area contributed by atoms with E-state index in [-0.39, 0.29) is 9.86 Å². The molecule has 0 fully saturated rings. The van der Waals surface area contributed by atoms with E-state index in [9.17, 15) is 4.79 Å². The highest BCUT2D eigenvalue weighted by atomic mass is 32.2. The lowest BCUT2D eigenvalue weighted by atomic mass is 10.1. The molecule has 0 atom stereocenters. The van der Waals surface area contributed by atoms with E-state index in [1.54, 1.807) is 0 Å². The van der Waals surface area contributed by atoms with E-state index in [2.05, 4.69) is 48.5 Å². The summed E-state index contributed by atoms with van der Waals surface area (Å²) in [4.78, 5) is 16.1. The van der Waals surface area contributed by atoms with Gasteiger partial charge in [-0.05, 0) is 29.1 Å². The molecule has 3 aromatic rings. The summed E-state index contributed by atoms with van der Waals surface area (Å²) in [6.07, 6.45) is 0.502. The summed E-state index contributed by atoms with van der Waals surface area (Å²) < 4.78 is -0.272. The van der Waals surface area contributed by atoms with Gasteiger partial charge in [0.15, 0.2) is 5.78 Å². The van der Waals surface area contributed by atoms with Crippen LogP contribution in [0.25, 0.3) is 0 Å². The Morgan fingerprint density at radius 3 is 2.09 bits per heavy atom. The molecule has 4 rings (SSSR count). The smallest absolute Gasteiger partial charge is 0.175 e. The van der Waals surface area contributed by atoms with Gasteiger partial charge in [0.05, 0.1) is 4.88 Å². The molecule has 0 N–H and O–H groups in total. The molecule has 1 aromatic heterocycles. The summed E-state index contributed by atoms with van der Waals surface area (Å²) in [5, 5.41) is 1.96. The third kappa shape index (κ3) is 2.87. The number of rotatable bonds is 4. The molecule has 0 saturated carbocycles. The highest BCUT2D eigenvalue weighted by Gasteiger charge is 2.42. The maximum atomic E-state index is 12.8. The number of fused-ring (bicyclic) bond motifs is 1. The fourth-order valence-corrected chi connectivity index (χ4v) is 6.59. The van der Waals surface area contributed by atoms with E-state index in [0.717, 1.165) is 4.88 Å². The molecule has 1 nitrogen and oxygen atoms in total. The lowest BCUT2D eigenvalue weighted by Gasteiger charge is -2.27. The zero-order valence-corrected chi connectivity index (χ0v) is 14.7. The molecule has 4 heteroatoms. The normalized spacial score (nSPS) is 15.3. The number of thiophene rings is 1. The summed E-state index contributed by atoms with van der Waals surface area (Å²) in [7, 11) is 0. The van der Waals surface area contributed by atoms with Crippen LogP contribution in [-0.4, -0.2) is 5.78 Å². The Bertz CT molecular complexity index is 800. The van der Waals surface area contributed by atoms with Gasteiger partial charge in [-0.25, -0.2) is 0 Å². The molecule has 23 heavy (non-hydrogen) atoms. The minimum atomic E-state index is -0.272. The predicted octanol–water partition coefficient (Wildman–Crippen LogP) is 6.07. The first kappa shape index (κ1) is 15.1. The lowest BCUT2D eigenvalue weighted by molar-refractivity contribution is 0.0983. The monoisotopic (exact) mass is 354 g/mol. The van der Waals surface area contributed by atoms with Crippen molar-refractivity contribution in [2.75, 3.05) is 0 Å². The van der Waals surface area contributed by atoms with Crippen molar-refractivity contribution in [3.8, 4) is 0 Å². The van der Waals surface area contributed by atoms with Crippen LogP contribution in [-0.2, 0) is 4.08 Å². The van der Waals surface area contributed by atoms with Gasteiger partial charge < -0.3 is 0 Å². The highest BCUT2D eigenvalue weighted by Crippen LogP contribution is 2.63. The van der Waals surface area contributed by atoms with Crippen LogP contribution in [0.3, 0.4) is 0 Å². The van der Waals surface area contributed by atoms with Crippen molar-refractivity contribution in [1.82, 2.24) is 0 Å². The van der Waals surface area contributed by atoms with Crippen LogP contribution >= 0.6 is 34.9 Å². The number of carbonyl (C=O) groups excluding carboxylic acids is 1. The molecule has 114 valence electrons. The van der Waals surface area contributed by atoms with E-state index >= 15 is 0 Å². The third-order valence-corrected chi connectivity index (χ3v) is 7.91. The molecule has 0 unspecified atom stereocenters. The van der Waals surface area contributed by atoms with Gasteiger partial charge >= 0.3 is 0 Å². The third-order valence-electron chi connectivity index (χ3n) is 3.80. The molecule has 0 saturated heterocycles. The first-order valence-electron chi connectivity index (χ1n) is 7.36. The molecule has 1 aliphatic rings. The zero-order chi connectivity index (χ0) is 15.7. The molecule has 0 bridgehead atoms. The summed E-state index contributed by atoms with van der Waals surface area (Å²) in [5.41, 5.74) is 1.20. The molecule has 0 spiro atoms. The van der Waals surface area contributed by atoms with Crippen LogP contribution in [0.5, 0.6) is 0 Å². The molecule has 0 radical (unpaired) electrons. The Kier molecular flexibility index (Phi) is 4.05. The molecule has 2 aromatic carbocycles. The summed E-state index contributed by atoms with van der Waals surface area (Å²) >= 11 is 5.14. The number of hydrogen-bond acceptors (Lipinski definition) is 4. The quantitative estimate of drug-likeness (QED) is 0.529. The van der Waals surface area contributed by atoms with Gasteiger partial charge in [0, 0.05) is 16.2 Å². The standard InChI is InChI=1S/C19H14OS3/c20-15(16-11-6-12-21-16)13-19(14-7-2-1-3-8-14)22-17-9-4-5-10-18(17)23-19/h1-12H,13H2. The minimum absolute atomic E-state index is 0.219. The van der Waals surface area contributed by atoms with Crippen LogP contribution < -0.4 is 0 Å². The van der Waals surface area contributed by atoms with E-state index in [0.29, 0.717) is 6.42 Å². The molecule has 0 aliphatic carbocycles. The fourth-order valence-electron chi connectivity index (χ4n) is 2.71. The summed E-state index contributed by atoms with van der Waals surface area (Å²) in [5.74, 6) is 0.219. The molecule has 0 amide bonds. The molecule has 1 aliphatic heterocycles. The van der Waals surface area contributed by atoms with Gasteiger partial charge in [-0.1, -0.05) is 48.5 Å². The van der Waals surface area contributed by atoms with Crippen molar-refractivity contribution in [1.29, 1.82) is 0 Å². The Labute approximate surface area is 148 Å². The van der Waals surface area contributed by atoms with Crippen molar-refractivity contribution in [2.45, 2.75) is 20.3 Å². The van der Waals surface area contributed by atoms with Gasteiger partial charge in [-0.3, -0.25) is 4.79 Å². The molecular formula is C19H14OS3. The van der Waals surface area contributed by atoms with Gasteiger partial charge in [-0.15, -0.1) is 34.9 Å². The SMILES string of the molecule is O=C(CC1(c2ccccc2)Sc2ccccc2S1)c1cccs1. The maximum absolute atomic E-state index is 12.8. The first-order valence-corrected chi connectivity index (χ1v) is 9.87. The Hall–Kier alpha value is -1.49. The first-order chi connectivity index (χ1) is 11.3. The topological polar surface area (TPSA) is 17.1 Å². The minimum Gasteiger partial charge on any atom is -0.293 e. The average Bonchev–Trinajstić information content (AvgIpc) is 3.23. The predicted molar refractivity (Wildman–Crippen MR) is 99.5 cm³/mol. The summed E-state index contributed by atoms with van der Waals surface area (Å²) in [6.45, 7) is 0. The number of Topliss-reactive ketones (excluding diaryl/α,β-unsaturated/α-hetero) is 1. The second kappa shape index (κ2) is 6.19. The summed E-state index contributed by atoms with van der Waals surface area (Å²) in [6, 6.07) is 22.7. The zero-order valence-electron chi connectivity index (χ0n) is 12.3. The number of carbonyl (C=O) groups is 1. The van der Waals surface area contributed by atoms with Crippen molar-refractivity contribution >= 4 is 40.6 Å². The molecular weight excluding hydrogens is 340 g/mol. The Balaban J connectivity index is 1.73. The average molecular weight is 355 g/mol. The molecule has 2 heterocycles. The van der Waals surface area contributed by atoms with Crippen LogP contribution in [0, 0.1) is 0 Å². The van der Waals surface area contributed by atoms with Gasteiger partial charge in [0.1, 0.15) is 4.08 Å². The van der Waals surface area contributed by atoms with E-state index in [1.165, 1.54) is 26.7 Å². The Morgan fingerprint density at radius 2 is 1.48 bits per heavy atom. The van der Waals surface area contributed by atoms with Crippen molar-refractivity contribution in [3.63, 3.8) is 0 Å². The number of ketones is 1. The van der Waals surface area contributed by atoms with Gasteiger partial charge in [-0.2, -0.15) is 0 Å². The Morgan fingerprint density at radius 1 is 0.826 bits per heavy atom. The van der Waals surface area contributed by atoms with Crippen molar-refractivity contribution in [3.05, 3.63) is 82.6 Å². The van der Waals surface area contributed by atoms with Gasteiger partial charge in [0.2, 0.25) is 0 Å². The van der Waals surface area contributed by atoms with Gasteiger partial charge in [0.25, 0.3) is 0 Å². The van der Waals surface area contributed by atoms with Crippen LogP contribution in [0.4, 0.5) is 0 Å². The number of benzene rings is 2. The van der Waals surface area contributed by atoms with Crippen molar-refractivity contribution in [2.24, 2.45) is 0 Å². The maximum Gasteiger partial charge on any atom is 0.175 e. The van der Waals surface area contributed by atoms with Crippen molar-refractivity contribution < 1.29 is 4.79 Å². The van der Waals surface area contributed by atoms with Crippen LogP contribution in [0.15, 0.2) is 81.9 Å². The van der Waals surface area contributed by atoms with E-state index in [4.69, 9.17) is 0 Å². The lowest BCUT2D eigenvalue weighted by Crippen LogP contribution is -2.19. The second-order valence-electron chi connectivity index (χ2n) is 5.35. The highest BCUT2D eigenvalue weighted by molar-refractivity contribution is 8.20. The fraction of sp³-hybridized carbons (Fsp3) is 0.105. The van der Waals surface area contributed by atoms with E-state index < -0.39 is 0 Å². The van der Waals surface area contributed by atoms with Crippen LogP contribution in [0.2, 0.25) is 0 Å². The van der Waals surface area contributed by atoms with Crippen LogP contribution in [0.1, 0.15) is 21.7 Å². The number of hydrogen-bond donors (Lipinski definition) is 0.